The molecule has 5 aromatic rings. The minimum Gasteiger partial charge on any atom is -0.380 e. The fraction of sp³-hybridized carbons (Fsp3) is 0.0690. The topological polar surface area (TPSA) is 42.2 Å². The standard InChI is InChI=1S/C29H16F7NO2S/c30-19-10-11-23(26(33)25(19)28(39)27(38)15-6-2-1-3-7-15)37-14-18(16-8-4-5-9-22(16)37)17-12-21(32)24(13-20(17)31)40-29(34,35)36/h1-14,27,38H. The molecule has 1 atom stereocenters. The molecule has 0 spiro atoms. The summed E-state index contributed by atoms with van der Waals surface area (Å²) in [5.74, 6) is -6.23. The first kappa shape index (κ1) is 27.5. The maximum Gasteiger partial charge on any atom is 0.446 e. The average molecular weight is 576 g/mol. The van der Waals surface area contributed by atoms with E-state index in [0.717, 1.165) is 12.1 Å². The highest BCUT2D eigenvalue weighted by Gasteiger charge is 2.32. The fourth-order valence-electron chi connectivity index (χ4n) is 4.41. The van der Waals surface area contributed by atoms with Crippen LogP contribution in [0.25, 0.3) is 27.7 Å². The minimum atomic E-state index is -4.84. The molecule has 1 N–H and O–H groups in total. The second-order valence-corrected chi connectivity index (χ2v) is 9.78. The number of carbonyl (C=O) groups excluding carboxylic acids is 1. The lowest BCUT2D eigenvalue weighted by Gasteiger charge is -2.14. The number of para-hydroxylation sites is 1. The van der Waals surface area contributed by atoms with Gasteiger partial charge < -0.3 is 9.67 Å². The Kier molecular flexibility index (Phi) is 7.19. The van der Waals surface area contributed by atoms with E-state index in [1.165, 1.54) is 35.0 Å². The molecule has 204 valence electrons. The zero-order chi connectivity index (χ0) is 28.8. The van der Waals surface area contributed by atoms with Crippen molar-refractivity contribution in [3.05, 3.63) is 119 Å². The van der Waals surface area contributed by atoms with Gasteiger partial charge in [0.2, 0.25) is 5.78 Å². The second-order valence-electron chi connectivity index (χ2n) is 8.67. The summed E-state index contributed by atoms with van der Waals surface area (Å²) in [6.07, 6.45) is -0.653. The first-order valence-corrected chi connectivity index (χ1v) is 12.4. The van der Waals surface area contributed by atoms with Crippen LogP contribution in [0, 0.1) is 23.3 Å². The molecule has 1 unspecified atom stereocenters. The molecule has 0 fully saturated rings. The van der Waals surface area contributed by atoms with Gasteiger partial charge >= 0.3 is 5.51 Å². The van der Waals surface area contributed by atoms with Crippen LogP contribution in [0.15, 0.2) is 90.0 Å². The largest absolute Gasteiger partial charge is 0.446 e. The normalized spacial score (nSPS) is 12.6. The number of ketones is 1. The Bertz CT molecular complexity index is 1750. The average Bonchev–Trinajstić information content (AvgIpc) is 3.29. The van der Waals surface area contributed by atoms with Gasteiger partial charge in [0.05, 0.1) is 21.7 Å². The molecule has 0 saturated heterocycles. The molecule has 0 saturated carbocycles. The summed E-state index contributed by atoms with van der Waals surface area (Å²) in [5, 5.41) is 10.8. The van der Waals surface area contributed by atoms with Crippen LogP contribution in [0.5, 0.6) is 0 Å². The van der Waals surface area contributed by atoms with Crippen LogP contribution in [0.1, 0.15) is 22.0 Å². The van der Waals surface area contributed by atoms with E-state index in [4.69, 9.17) is 0 Å². The van der Waals surface area contributed by atoms with Crippen LogP contribution in [0.2, 0.25) is 0 Å². The smallest absolute Gasteiger partial charge is 0.380 e. The molecule has 0 aliphatic rings. The number of Topliss-reactive ketones (excluding diaryl/α,β-unsaturated/α-hetero) is 1. The van der Waals surface area contributed by atoms with Gasteiger partial charge in [-0.1, -0.05) is 48.5 Å². The van der Waals surface area contributed by atoms with Crippen molar-refractivity contribution in [2.75, 3.05) is 0 Å². The number of fused-ring (bicyclic) bond motifs is 1. The Morgan fingerprint density at radius 3 is 2.17 bits per heavy atom. The van der Waals surface area contributed by atoms with Crippen LogP contribution >= 0.6 is 11.8 Å². The fourth-order valence-corrected chi connectivity index (χ4v) is 4.98. The van der Waals surface area contributed by atoms with Crippen LogP contribution in [-0.2, 0) is 0 Å². The highest BCUT2D eigenvalue weighted by atomic mass is 32.2. The van der Waals surface area contributed by atoms with E-state index in [2.05, 4.69) is 0 Å². The number of halogens is 7. The van der Waals surface area contributed by atoms with E-state index in [-0.39, 0.29) is 27.7 Å². The summed E-state index contributed by atoms with van der Waals surface area (Å²) in [4.78, 5) is 12.0. The summed E-state index contributed by atoms with van der Waals surface area (Å²) in [6, 6.07) is 16.6. The van der Waals surface area contributed by atoms with Crippen molar-refractivity contribution in [3.63, 3.8) is 0 Å². The van der Waals surface area contributed by atoms with E-state index in [9.17, 15) is 31.9 Å². The molecule has 0 aliphatic heterocycles. The number of thioether (sulfide) groups is 1. The van der Waals surface area contributed by atoms with Gasteiger partial charge in [0.25, 0.3) is 0 Å². The predicted molar refractivity (Wildman–Crippen MR) is 136 cm³/mol. The summed E-state index contributed by atoms with van der Waals surface area (Å²) in [5.41, 5.74) is -6.19. The molecule has 4 aromatic carbocycles. The van der Waals surface area contributed by atoms with E-state index < -0.39 is 68.4 Å². The maximum absolute atomic E-state index is 15.8. The van der Waals surface area contributed by atoms with Crippen molar-refractivity contribution in [1.29, 1.82) is 0 Å². The molecule has 1 heterocycles. The van der Waals surface area contributed by atoms with Crippen molar-refractivity contribution in [3.8, 4) is 16.8 Å². The molecule has 0 aliphatic carbocycles. The molecule has 5 rings (SSSR count). The minimum absolute atomic E-state index is 0.0106. The third-order valence-corrected chi connectivity index (χ3v) is 6.95. The zero-order valence-electron chi connectivity index (χ0n) is 20.0. The molecular formula is C29H16F7NO2S. The lowest BCUT2D eigenvalue weighted by molar-refractivity contribution is -0.0329. The Hall–Kier alpha value is -4.09. The summed E-state index contributed by atoms with van der Waals surface area (Å²) in [7, 11) is 0. The van der Waals surface area contributed by atoms with Gasteiger partial charge in [0.15, 0.2) is 5.82 Å². The van der Waals surface area contributed by atoms with Gasteiger partial charge in [-0.2, -0.15) is 13.2 Å². The number of alkyl halides is 3. The van der Waals surface area contributed by atoms with Crippen molar-refractivity contribution in [2.24, 2.45) is 0 Å². The van der Waals surface area contributed by atoms with E-state index >= 15 is 8.78 Å². The summed E-state index contributed by atoms with van der Waals surface area (Å²) in [6.45, 7) is 0. The summed E-state index contributed by atoms with van der Waals surface area (Å²) < 4.78 is 99.6. The molecule has 0 amide bonds. The zero-order valence-corrected chi connectivity index (χ0v) is 20.8. The second kappa shape index (κ2) is 10.5. The van der Waals surface area contributed by atoms with Gasteiger partial charge in [-0.05, 0) is 47.7 Å². The number of nitrogens with zero attached hydrogens (tertiary/aromatic N) is 1. The molecule has 11 heteroatoms. The Labute approximate surface area is 226 Å². The number of hydrogen-bond donors (Lipinski definition) is 1. The van der Waals surface area contributed by atoms with E-state index in [1.807, 2.05) is 0 Å². The number of aromatic nitrogens is 1. The molecule has 1 aromatic heterocycles. The van der Waals surface area contributed by atoms with Crippen molar-refractivity contribution >= 4 is 28.4 Å². The highest BCUT2D eigenvalue weighted by molar-refractivity contribution is 8.00. The number of carbonyl (C=O) groups is 1. The molecule has 40 heavy (non-hydrogen) atoms. The van der Waals surface area contributed by atoms with Gasteiger partial charge in [-0.15, -0.1) is 0 Å². The third kappa shape index (κ3) is 5.09. The first-order valence-electron chi connectivity index (χ1n) is 11.6. The number of rotatable bonds is 6. The van der Waals surface area contributed by atoms with Gasteiger partial charge in [0.1, 0.15) is 23.6 Å². The van der Waals surface area contributed by atoms with Crippen molar-refractivity contribution in [1.82, 2.24) is 4.57 Å². The highest BCUT2D eigenvalue weighted by Crippen LogP contribution is 2.42. The lowest BCUT2D eigenvalue weighted by atomic mass is 9.98. The lowest BCUT2D eigenvalue weighted by Crippen LogP contribution is -2.17. The quantitative estimate of drug-likeness (QED) is 0.126. The van der Waals surface area contributed by atoms with Gasteiger partial charge in [-0.3, -0.25) is 4.79 Å². The van der Waals surface area contributed by atoms with Crippen LogP contribution in [-0.4, -0.2) is 21.0 Å². The van der Waals surface area contributed by atoms with Gasteiger partial charge in [-0.25, -0.2) is 17.6 Å². The Balaban J connectivity index is 1.65. The van der Waals surface area contributed by atoms with Crippen molar-refractivity contribution < 1.29 is 40.6 Å². The predicted octanol–water partition coefficient (Wildman–Crippen LogP) is 8.38. The van der Waals surface area contributed by atoms with Crippen molar-refractivity contribution in [2.45, 2.75) is 16.5 Å². The number of benzene rings is 4. The number of aliphatic hydroxyl groups excluding tert-OH is 1. The maximum atomic E-state index is 15.8. The number of aliphatic hydroxyl groups is 1. The molecular weight excluding hydrogens is 559 g/mol. The molecule has 0 radical (unpaired) electrons. The number of hydrogen-bond acceptors (Lipinski definition) is 3. The monoisotopic (exact) mass is 575 g/mol. The SMILES string of the molecule is O=C(c1c(F)ccc(-n2cc(-c3cc(F)c(SC(F)(F)F)cc3F)c3ccccc32)c1F)C(O)c1ccccc1. The van der Waals surface area contributed by atoms with E-state index in [1.54, 1.807) is 30.3 Å². The van der Waals surface area contributed by atoms with E-state index in [0.29, 0.717) is 12.1 Å². The first-order chi connectivity index (χ1) is 19.0. The molecule has 0 bridgehead atoms. The Morgan fingerprint density at radius 2 is 1.48 bits per heavy atom. The summed E-state index contributed by atoms with van der Waals surface area (Å²) >= 11 is -0.798. The molecule has 3 nitrogen and oxygen atoms in total. The van der Waals surface area contributed by atoms with Gasteiger partial charge in [0, 0.05) is 22.7 Å². The van der Waals surface area contributed by atoms with Crippen LogP contribution in [0.3, 0.4) is 0 Å². The van der Waals surface area contributed by atoms with Crippen LogP contribution in [0.4, 0.5) is 30.7 Å². The Morgan fingerprint density at radius 1 is 0.800 bits per heavy atom. The van der Waals surface area contributed by atoms with Crippen LogP contribution < -0.4 is 0 Å². The third-order valence-electron chi connectivity index (χ3n) is 6.19.